The highest BCUT2D eigenvalue weighted by molar-refractivity contribution is 9.10. The van der Waals surface area contributed by atoms with Crippen LogP contribution in [0.15, 0.2) is 22.7 Å². The Labute approximate surface area is 105 Å². The van der Waals surface area contributed by atoms with Crippen molar-refractivity contribution in [3.8, 4) is 0 Å². The minimum absolute atomic E-state index is 0.0266. The molecule has 0 amide bonds. The number of halogens is 1. The molecule has 0 fully saturated rings. The van der Waals surface area contributed by atoms with Gasteiger partial charge >= 0.3 is 0 Å². The molecular weight excluding hydrogens is 270 g/mol. The van der Waals surface area contributed by atoms with E-state index in [-0.39, 0.29) is 12.6 Å². The SMILES string of the molecule is CC(O)c1cc(Br)ccc1N(C)C(C)CO. The van der Waals surface area contributed by atoms with E-state index in [1.54, 1.807) is 6.92 Å². The molecule has 2 atom stereocenters. The molecule has 16 heavy (non-hydrogen) atoms. The van der Waals surface area contributed by atoms with Gasteiger partial charge < -0.3 is 15.1 Å². The molecule has 0 bridgehead atoms. The van der Waals surface area contributed by atoms with E-state index in [9.17, 15) is 5.11 Å². The number of aliphatic hydroxyl groups excluding tert-OH is 2. The molecule has 0 aromatic heterocycles. The fourth-order valence-electron chi connectivity index (χ4n) is 1.54. The van der Waals surface area contributed by atoms with Crippen molar-refractivity contribution >= 4 is 21.6 Å². The van der Waals surface area contributed by atoms with Crippen LogP contribution in [0.5, 0.6) is 0 Å². The molecule has 0 saturated carbocycles. The van der Waals surface area contributed by atoms with Crippen LogP contribution in [0.25, 0.3) is 0 Å². The summed E-state index contributed by atoms with van der Waals surface area (Å²) in [5, 5.41) is 18.9. The van der Waals surface area contributed by atoms with Gasteiger partial charge in [0.1, 0.15) is 0 Å². The van der Waals surface area contributed by atoms with E-state index in [4.69, 9.17) is 5.11 Å². The summed E-state index contributed by atoms with van der Waals surface area (Å²) in [5.41, 5.74) is 1.80. The van der Waals surface area contributed by atoms with Crippen molar-refractivity contribution in [2.75, 3.05) is 18.6 Å². The van der Waals surface area contributed by atoms with Crippen molar-refractivity contribution in [3.05, 3.63) is 28.2 Å². The minimum atomic E-state index is -0.527. The lowest BCUT2D eigenvalue weighted by Crippen LogP contribution is -2.32. The number of benzene rings is 1. The summed E-state index contributed by atoms with van der Waals surface area (Å²) >= 11 is 3.39. The Bertz CT molecular complexity index is 355. The largest absolute Gasteiger partial charge is 0.394 e. The maximum atomic E-state index is 9.72. The second-order valence-corrected chi connectivity index (χ2v) is 4.94. The molecule has 0 radical (unpaired) electrons. The Morgan fingerprint density at radius 1 is 1.38 bits per heavy atom. The number of rotatable bonds is 4. The molecule has 0 aliphatic heterocycles. The average molecular weight is 288 g/mol. The molecule has 1 rings (SSSR count). The smallest absolute Gasteiger partial charge is 0.0782 e. The Morgan fingerprint density at radius 2 is 2.00 bits per heavy atom. The average Bonchev–Trinajstić information content (AvgIpc) is 2.26. The number of anilines is 1. The van der Waals surface area contributed by atoms with Crippen LogP contribution in [0.1, 0.15) is 25.5 Å². The topological polar surface area (TPSA) is 43.7 Å². The van der Waals surface area contributed by atoms with Crippen molar-refractivity contribution in [2.45, 2.75) is 26.0 Å². The van der Waals surface area contributed by atoms with Gasteiger partial charge in [-0.3, -0.25) is 0 Å². The van der Waals surface area contributed by atoms with Gasteiger partial charge in [-0.05, 0) is 32.0 Å². The number of likely N-dealkylation sites (N-methyl/N-ethyl adjacent to an activating group) is 1. The Kier molecular flexibility index (Phi) is 4.77. The lowest BCUT2D eigenvalue weighted by atomic mass is 10.1. The van der Waals surface area contributed by atoms with Crippen LogP contribution in [0.3, 0.4) is 0 Å². The predicted molar refractivity (Wildman–Crippen MR) is 69.7 cm³/mol. The molecule has 1 aromatic rings. The predicted octanol–water partition coefficient (Wildman–Crippen LogP) is 2.32. The summed E-state index contributed by atoms with van der Waals surface area (Å²) in [7, 11) is 1.91. The molecule has 0 saturated heterocycles. The highest BCUT2D eigenvalue weighted by Gasteiger charge is 2.15. The second-order valence-electron chi connectivity index (χ2n) is 4.02. The first-order valence-corrected chi connectivity index (χ1v) is 6.08. The Hall–Kier alpha value is -0.580. The minimum Gasteiger partial charge on any atom is -0.394 e. The summed E-state index contributed by atoms with van der Waals surface area (Å²) in [5.74, 6) is 0. The number of aliphatic hydroxyl groups is 2. The van der Waals surface area contributed by atoms with E-state index < -0.39 is 6.10 Å². The quantitative estimate of drug-likeness (QED) is 0.893. The zero-order valence-electron chi connectivity index (χ0n) is 9.81. The lowest BCUT2D eigenvalue weighted by Gasteiger charge is -2.28. The van der Waals surface area contributed by atoms with E-state index in [1.165, 1.54) is 0 Å². The first kappa shape index (κ1) is 13.5. The van der Waals surface area contributed by atoms with E-state index in [0.717, 1.165) is 15.7 Å². The van der Waals surface area contributed by atoms with Gasteiger partial charge in [-0.1, -0.05) is 15.9 Å². The van der Waals surface area contributed by atoms with Crippen molar-refractivity contribution in [3.63, 3.8) is 0 Å². The fraction of sp³-hybridized carbons (Fsp3) is 0.500. The summed E-state index contributed by atoms with van der Waals surface area (Å²) in [4.78, 5) is 1.97. The lowest BCUT2D eigenvalue weighted by molar-refractivity contribution is 0.199. The van der Waals surface area contributed by atoms with Crippen LogP contribution >= 0.6 is 15.9 Å². The van der Waals surface area contributed by atoms with Gasteiger partial charge in [0.15, 0.2) is 0 Å². The number of hydrogen-bond acceptors (Lipinski definition) is 3. The number of hydrogen-bond donors (Lipinski definition) is 2. The molecule has 0 spiro atoms. The molecule has 90 valence electrons. The normalized spacial score (nSPS) is 14.6. The number of nitrogens with zero attached hydrogens (tertiary/aromatic N) is 1. The highest BCUT2D eigenvalue weighted by Crippen LogP contribution is 2.29. The molecule has 0 heterocycles. The molecule has 3 nitrogen and oxygen atoms in total. The van der Waals surface area contributed by atoms with Crippen LogP contribution in [0.2, 0.25) is 0 Å². The third-order valence-corrected chi connectivity index (χ3v) is 3.24. The van der Waals surface area contributed by atoms with Crippen molar-refractivity contribution in [1.82, 2.24) is 0 Å². The maximum Gasteiger partial charge on any atom is 0.0782 e. The second kappa shape index (κ2) is 5.66. The van der Waals surface area contributed by atoms with Crippen LogP contribution in [0.4, 0.5) is 5.69 Å². The molecule has 0 aliphatic carbocycles. The van der Waals surface area contributed by atoms with Crippen LogP contribution in [-0.2, 0) is 0 Å². The van der Waals surface area contributed by atoms with Gasteiger partial charge in [-0.25, -0.2) is 0 Å². The molecule has 2 unspecified atom stereocenters. The van der Waals surface area contributed by atoms with E-state index in [0.29, 0.717) is 0 Å². The highest BCUT2D eigenvalue weighted by atomic mass is 79.9. The zero-order chi connectivity index (χ0) is 12.3. The van der Waals surface area contributed by atoms with Gasteiger partial charge in [0.2, 0.25) is 0 Å². The third kappa shape index (κ3) is 2.97. The summed E-state index contributed by atoms with van der Waals surface area (Å²) < 4.78 is 0.942. The third-order valence-electron chi connectivity index (χ3n) is 2.75. The molecule has 2 N–H and O–H groups in total. The summed E-state index contributed by atoms with van der Waals surface area (Å²) in [6, 6.07) is 5.81. The molecule has 0 aliphatic rings. The van der Waals surface area contributed by atoms with Gasteiger partial charge in [0.05, 0.1) is 12.7 Å². The first-order chi connectivity index (χ1) is 7.47. The van der Waals surface area contributed by atoms with Crippen LogP contribution in [0, 0.1) is 0 Å². The maximum absolute atomic E-state index is 9.72. The zero-order valence-corrected chi connectivity index (χ0v) is 11.4. The molecule has 4 heteroatoms. The van der Waals surface area contributed by atoms with Gasteiger partial charge in [-0.15, -0.1) is 0 Å². The van der Waals surface area contributed by atoms with Crippen molar-refractivity contribution in [2.24, 2.45) is 0 Å². The van der Waals surface area contributed by atoms with Crippen LogP contribution < -0.4 is 4.90 Å². The summed E-state index contributed by atoms with van der Waals surface area (Å²) in [6.07, 6.45) is -0.527. The van der Waals surface area contributed by atoms with Crippen molar-refractivity contribution < 1.29 is 10.2 Å². The van der Waals surface area contributed by atoms with E-state index >= 15 is 0 Å². The molecular formula is C12H18BrNO2. The summed E-state index contributed by atoms with van der Waals surface area (Å²) in [6.45, 7) is 3.77. The molecule has 1 aromatic carbocycles. The first-order valence-electron chi connectivity index (χ1n) is 5.28. The standard InChI is InChI=1S/C12H18BrNO2/c1-8(7-15)14(3)12-5-4-10(13)6-11(12)9(2)16/h4-6,8-9,15-16H,7H2,1-3H3. The Balaban J connectivity index is 3.12. The van der Waals surface area contributed by atoms with Gasteiger partial charge in [0, 0.05) is 28.8 Å². The monoisotopic (exact) mass is 287 g/mol. The fourth-order valence-corrected chi connectivity index (χ4v) is 1.92. The van der Waals surface area contributed by atoms with Gasteiger partial charge in [-0.2, -0.15) is 0 Å². The van der Waals surface area contributed by atoms with Crippen molar-refractivity contribution in [1.29, 1.82) is 0 Å². The van der Waals surface area contributed by atoms with Crippen LogP contribution in [-0.4, -0.2) is 29.9 Å². The van der Waals surface area contributed by atoms with E-state index in [2.05, 4.69) is 15.9 Å². The van der Waals surface area contributed by atoms with E-state index in [1.807, 2.05) is 37.1 Å². The van der Waals surface area contributed by atoms with Gasteiger partial charge in [0.25, 0.3) is 0 Å². The Morgan fingerprint density at radius 3 is 2.50 bits per heavy atom.